The molecule has 36 heavy (non-hydrogen) atoms. The minimum atomic E-state index is 0.347. The summed E-state index contributed by atoms with van der Waals surface area (Å²) in [5.41, 5.74) is 4.20. The van der Waals surface area contributed by atoms with Gasteiger partial charge in [0.05, 0.1) is 31.6 Å². The lowest BCUT2D eigenvalue weighted by Crippen LogP contribution is -2.37. The molecule has 3 aromatic heterocycles. The second kappa shape index (κ2) is 9.94. The van der Waals surface area contributed by atoms with Crippen molar-refractivity contribution >= 4 is 22.9 Å². The number of morpholine rings is 1. The number of anilines is 1. The zero-order chi connectivity index (χ0) is 24.3. The van der Waals surface area contributed by atoms with Crippen LogP contribution in [-0.4, -0.2) is 69.9 Å². The standard InChI is InChI=1S/C27H29N7O2/c1-19-6-7-20(17-28-19)9-13-36-27-30-25(33-11-14-35-15-12-33)16-26(31-27)34-10-8-24(32-34)22-18-29-23-5-3-2-4-21(22)23/h2-5,7-8,10,16-19,29H,6,9,11-15H2,1H3. The fourth-order valence-electron chi connectivity index (χ4n) is 4.50. The Balaban J connectivity index is 1.27. The van der Waals surface area contributed by atoms with Crippen LogP contribution in [0.1, 0.15) is 19.8 Å². The number of rotatable bonds is 7. The van der Waals surface area contributed by atoms with Crippen LogP contribution in [0.5, 0.6) is 6.01 Å². The molecule has 0 amide bonds. The highest BCUT2D eigenvalue weighted by molar-refractivity contribution is 5.94. The van der Waals surface area contributed by atoms with E-state index in [0.29, 0.717) is 37.7 Å². The number of H-pyrrole nitrogens is 1. The Hall–Kier alpha value is -3.98. The van der Waals surface area contributed by atoms with Gasteiger partial charge in [-0.1, -0.05) is 24.3 Å². The highest BCUT2D eigenvalue weighted by Crippen LogP contribution is 2.28. The number of ether oxygens (including phenoxy) is 2. The van der Waals surface area contributed by atoms with Crippen molar-refractivity contribution in [2.45, 2.75) is 25.8 Å². The van der Waals surface area contributed by atoms with Gasteiger partial charge in [-0.3, -0.25) is 4.99 Å². The van der Waals surface area contributed by atoms with Crippen LogP contribution in [0.3, 0.4) is 0 Å². The van der Waals surface area contributed by atoms with E-state index >= 15 is 0 Å². The number of aliphatic imine (C=N–C) groups is 1. The van der Waals surface area contributed by atoms with Gasteiger partial charge in [0.15, 0.2) is 5.82 Å². The van der Waals surface area contributed by atoms with Crippen LogP contribution >= 0.6 is 0 Å². The first-order valence-electron chi connectivity index (χ1n) is 12.4. The lowest BCUT2D eigenvalue weighted by molar-refractivity contribution is 0.122. The Morgan fingerprint density at radius 3 is 2.83 bits per heavy atom. The molecule has 0 aliphatic carbocycles. The normalized spacial score (nSPS) is 18.0. The Bertz CT molecular complexity index is 1410. The summed E-state index contributed by atoms with van der Waals surface area (Å²) >= 11 is 0. The number of aromatic nitrogens is 5. The molecule has 184 valence electrons. The smallest absolute Gasteiger partial charge is 0.320 e. The van der Waals surface area contributed by atoms with Crippen LogP contribution < -0.4 is 9.64 Å². The SMILES string of the molecule is CC1CC=C(CCOc2nc(N3CCOCC3)cc(-n3ccc(-c4c[nH]c5ccccc45)n3)n2)C=N1. The molecule has 1 atom stereocenters. The molecule has 1 N–H and O–H groups in total. The first-order valence-corrected chi connectivity index (χ1v) is 12.4. The second-order valence-corrected chi connectivity index (χ2v) is 9.10. The molecular weight excluding hydrogens is 454 g/mol. The Morgan fingerprint density at radius 1 is 1.11 bits per heavy atom. The van der Waals surface area contributed by atoms with Crippen LogP contribution in [0, 0.1) is 0 Å². The van der Waals surface area contributed by atoms with E-state index in [9.17, 15) is 0 Å². The van der Waals surface area contributed by atoms with Gasteiger partial charge in [0.2, 0.25) is 0 Å². The molecule has 1 unspecified atom stereocenters. The zero-order valence-corrected chi connectivity index (χ0v) is 20.3. The lowest BCUT2D eigenvalue weighted by atomic mass is 10.1. The molecule has 0 saturated carbocycles. The summed E-state index contributed by atoms with van der Waals surface area (Å²) in [7, 11) is 0. The summed E-state index contributed by atoms with van der Waals surface area (Å²) in [5, 5.41) is 5.98. The number of fused-ring (bicyclic) bond motifs is 1. The molecule has 0 spiro atoms. The third kappa shape index (κ3) is 4.74. The molecule has 0 radical (unpaired) electrons. The van der Waals surface area contributed by atoms with Crippen LogP contribution in [0.2, 0.25) is 0 Å². The quantitative estimate of drug-likeness (QED) is 0.423. The summed E-state index contributed by atoms with van der Waals surface area (Å²) in [6, 6.07) is 12.9. The molecule has 0 bridgehead atoms. The molecule has 2 aliphatic rings. The van der Waals surface area contributed by atoms with Gasteiger partial charge in [0.1, 0.15) is 5.82 Å². The highest BCUT2D eigenvalue weighted by Gasteiger charge is 2.18. The molecule has 4 aromatic rings. The van der Waals surface area contributed by atoms with Crippen LogP contribution in [0.4, 0.5) is 5.82 Å². The third-order valence-corrected chi connectivity index (χ3v) is 6.54. The van der Waals surface area contributed by atoms with Gasteiger partial charge in [-0.05, 0) is 31.1 Å². The van der Waals surface area contributed by atoms with Gasteiger partial charge in [-0.2, -0.15) is 15.1 Å². The maximum absolute atomic E-state index is 6.04. The van der Waals surface area contributed by atoms with Gasteiger partial charge >= 0.3 is 6.01 Å². The maximum atomic E-state index is 6.04. The van der Waals surface area contributed by atoms with E-state index in [4.69, 9.17) is 24.5 Å². The van der Waals surface area contributed by atoms with Crippen molar-refractivity contribution in [3.8, 4) is 23.1 Å². The van der Waals surface area contributed by atoms with Gasteiger partial charge in [-0.25, -0.2) is 4.68 Å². The van der Waals surface area contributed by atoms with E-state index in [0.717, 1.165) is 53.9 Å². The summed E-state index contributed by atoms with van der Waals surface area (Å²) < 4.78 is 13.4. The first-order chi connectivity index (χ1) is 17.7. The van der Waals surface area contributed by atoms with E-state index in [1.807, 2.05) is 42.9 Å². The van der Waals surface area contributed by atoms with Crippen molar-refractivity contribution in [2.24, 2.45) is 4.99 Å². The molecule has 2 aliphatic heterocycles. The average molecular weight is 484 g/mol. The van der Waals surface area contributed by atoms with E-state index in [1.54, 1.807) is 4.68 Å². The van der Waals surface area contributed by atoms with E-state index in [-0.39, 0.29) is 0 Å². The molecule has 1 saturated heterocycles. The van der Waals surface area contributed by atoms with Crippen molar-refractivity contribution < 1.29 is 9.47 Å². The first kappa shape index (κ1) is 22.5. The minimum absolute atomic E-state index is 0.347. The fourth-order valence-corrected chi connectivity index (χ4v) is 4.50. The Labute approximate surface area is 209 Å². The van der Waals surface area contributed by atoms with E-state index in [1.165, 1.54) is 5.57 Å². The monoisotopic (exact) mass is 483 g/mol. The van der Waals surface area contributed by atoms with Gasteiger partial charge in [-0.15, -0.1) is 0 Å². The number of hydrogen-bond acceptors (Lipinski definition) is 7. The summed E-state index contributed by atoms with van der Waals surface area (Å²) in [6.45, 7) is 5.50. The number of hydrogen-bond donors (Lipinski definition) is 1. The maximum Gasteiger partial charge on any atom is 0.320 e. The van der Waals surface area contributed by atoms with Crippen molar-refractivity contribution in [1.82, 2.24) is 24.7 Å². The van der Waals surface area contributed by atoms with Gasteiger partial charge < -0.3 is 19.4 Å². The predicted molar refractivity (Wildman–Crippen MR) is 140 cm³/mol. The van der Waals surface area contributed by atoms with Crippen molar-refractivity contribution in [2.75, 3.05) is 37.8 Å². The number of aromatic amines is 1. The fraction of sp³-hybridized carbons (Fsp3) is 0.333. The molecule has 6 rings (SSSR count). The number of dihydropyridines is 1. The van der Waals surface area contributed by atoms with Crippen molar-refractivity contribution in [1.29, 1.82) is 0 Å². The summed E-state index contributed by atoms with van der Waals surface area (Å²) in [4.78, 5) is 19.4. The van der Waals surface area contributed by atoms with Crippen LogP contribution in [0.15, 0.2) is 65.4 Å². The van der Waals surface area contributed by atoms with E-state index < -0.39 is 0 Å². The highest BCUT2D eigenvalue weighted by atomic mass is 16.5. The molecule has 9 heteroatoms. The van der Waals surface area contributed by atoms with Crippen LogP contribution in [-0.2, 0) is 4.74 Å². The number of nitrogens with zero attached hydrogens (tertiary/aromatic N) is 6. The predicted octanol–water partition coefficient (Wildman–Crippen LogP) is 4.21. The largest absolute Gasteiger partial charge is 0.463 e. The Kier molecular flexibility index (Phi) is 6.21. The second-order valence-electron chi connectivity index (χ2n) is 9.10. The van der Waals surface area contributed by atoms with Crippen molar-refractivity contribution in [3.63, 3.8) is 0 Å². The number of benzene rings is 1. The third-order valence-electron chi connectivity index (χ3n) is 6.54. The summed E-state index contributed by atoms with van der Waals surface area (Å²) in [5.74, 6) is 1.48. The Morgan fingerprint density at radius 2 is 1.97 bits per heavy atom. The topological polar surface area (TPSA) is 93.5 Å². The number of nitrogens with one attached hydrogen (secondary N) is 1. The molecular formula is C27H29N7O2. The average Bonchev–Trinajstić information content (AvgIpc) is 3.58. The molecule has 9 nitrogen and oxygen atoms in total. The molecule has 1 fully saturated rings. The van der Waals surface area contributed by atoms with Crippen LogP contribution in [0.25, 0.3) is 28.0 Å². The van der Waals surface area contributed by atoms with Gasteiger partial charge in [0, 0.05) is 60.7 Å². The summed E-state index contributed by atoms with van der Waals surface area (Å²) in [6.07, 6.45) is 9.84. The van der Waals surface area contributed by atoms with Gasteiger partial charge in [0.25, 0.3) is 0 Å². The minimum Gasteiger partial charge on any atom is -0.463 e. The molecule has 1 aromatic carbocycles. The number of para-hydroxylation sites is 1. The molecule has 5 heterocycles. The van der Waals surface area contributed by atoms with E-state index in [2.05, 4.69) is 40.0 Å². The van der Waals surface area contributed by atoms with Crippen molar-refractivity contribution in [3.05, 3.63) is 60.4 Å². The lowest BCUT2D eigenvalue weighted by Gasteiger charge is -2.28. The zero-order valence-electron chi connectivity index (χ0n) is 20.3.